The summed E-state index contributed by atoms with van der Waals surface area (Å²) in [7, 11) is 1.42. The van der Waals surface area contributed by atoms with E-state index in [2.05, 4.69) is 0 Å². The SMILES string of the molecule is CN(B1OC(C)(C)C(C)(C)O1)/C(=C\C(=N)c1ccccc1)c1ccccc1. The molecule has 1 N–H and O–H groups in total. The van der Waals surface area contributed by atoms with Gasteiger partial charge in [-0.05, 0) is 51.9 Å². The summed E-state index contributed by atoms with van der Waals surface area (Å²) in [6, 6.07) is 19.8. The molecular weight excluding hydrogens is 335 g/mol. The molecule has 0 aromatic heterocycles. The van der Waals surface area contributed by atoms with Crippen molar-refractivity contribution < 1.29 is 9.31 Å². The highest BCUT2D eigenvalue weighted by atomic mass is 16.7. The summed E-state index contributed by atoms with van der Waals surface area (Å²) in [4.78, 5) is 1.96. The Morgan fingerprint density at radius 3 is 1.78 bits per heavy atom. The fourth-order valence-corrected chi connectivity index (χ4v) is 2.92. The van der Waals surface area contributed by atoms with Crippen LogP contribution in [0.15, 0.2) is 66.7 Å². The zero-order chi connectivity index (χ0) is 19.7. The maximum Gasteiger partial charge on any atom is 0.593 e. The normalized spacial score (nSPS) is 18.4. The lowest BCUT2D eigenvalue weighted by molar-refractivity contribution is 0.00578. The van der Waals surface area contributed by atoms with Crippen LogP contribution in [0.3, 0.4) is 0 Å². The molecule has 1 saturated heterocycles. The van der Waals surface area contributed by atoms with Gasteiger partial charge in [0.25, 0.3) is 0 Å². The van der Waals surface area contributed by atoms with E-state index in [0.29, 0.717) is 5.71 Å². The molecule has 0 spiro atoms. The first-order chi connectivity index (χ1) is 12.7. The molecule has 0 atom stereocenters. The second-order valence-electron chi connectivity index (χ2n) is 7.85. The molecule has 1 aliphatic rings. The summed E-state index contributed by atoms with van der Waals surface area (Å²) >= 11 is 0. The monoisotopic (exact) mass is 362 g/mol. The predicted octanol–water partition coefficient (Wildman–Crippen LogP) is 4.62. The number of hydrogen-bond acceptors (Lipinski definition) is 4. The molecule has 0 aliphatic carbocycles. The second-order valence-corrected chi connectivity index (χ2v) is 7.85. The molecule has 1 aliphatic heterocycles. The van der Waals surface area contributed by atoms with E-state index in [0.717, 1.165) is 16.8 Å². The Bertz CT molecular complexity index is 816. The first-order valence-corrected chi connectivity index (χ1v) is 9.21. The molecule has 2 aromatic rings. The van der Waals surface area contributed by atoms with Gasteiger partial charge in [-0.2, -0.15) is 0 Å². The summed E-state index contributed by atoms with van der Waals surface area (Å²) in [5, 5.41) is 8.54. The van der Waals surface area contributed by atoms with E-state index in [1.807, 2.05) is 106 Å². The van der Waals surface area contributed by atoms with Gasteiger partial charge in [-0.3, -0.25) is 0 Å². The summed E-state index contributed by atoms with van der Waals surface area (Å²) in [6.07, 6.45) is 1.87. The Kier molecular flexibility index (Phi) is 5.27. The van der Waals surface area contributed by atoms with Gasteiger partial charge in [-0.15, -0.1) is 0 Å². The molecule has 140 valence electrons. The third-order valence-corrected chi connectivity index (χ3v) is 5.37. The van der Waals surface area contributed by atoms with Crippen molar-refractivity contribution in [3.63, 3.8) is 0 Å². The van der Waals surface area contributed by atoms with Gasteiger partial charge in [0, 0.05) is 5.70 Å². The number of nitrogens with one attached hydrogen (secondary N) is 1. The molecular formula is C22H27BN2O2. The van der Waals surface area contributed by atoms with Crippen LogP contribution in [0, 0.1) is 5.41 Å². The summed E-state index contributed by atoms with van der Waals surface area (Å²) in [5.74, 6) is 0. The quantitative estimate of drug-likeness (QED) is 0.624. The van der Waals surface area contributed by atoms with Gasteiger partial charge in [0.15, 0.2) is 0 Å². The van der Waals surface area contributed by atoms with Gasteiger partial charge in [-0.25, -0.2) is 0 Å². The van der Waals surface area contributed by atoms with Crippen LogP contribution in [0.1, 0.15) is 38.8 Å². The lowest BCUT2D eigenvalue weighted by Crippen LogP contribution is -2.41. The summed E-state index contributed by atoms with van der Waals surface area (Å²) in [6.45, 7) is 8.16. The number of rotatable bonds is 5. The Morgan fingerprint density at radius 1 is 0.852 bits per heavy atom. The van der Waals surface area contributed by atoms with Crippen molar-refractivity contribution >= 4 is 18.7 Å². The van der Waals surface area contributed by atoms with Gasteiger partial charge in [0.2, 0.25) is 0 Å². The third kappa shape index (κ3) is 3.99. The van der Waals surface area contributed by atoms with Crippen molar-refractivity contribution in [3.8, 4) is 0 Å². The maximum absolute atomic E-state index is 8.54. The maximum atomic E-state index is 8.54. The fourth-order valence-electron chi connectivity index (χ4n) is 2.92. The molecule has 1 fully saturated rings. The van der Waals surface area contributed by atoms with Gasteiger partial charge < -0.3 is 19.5 Å². The largest absolute Gasteiger partial charge is 0.593 e. The van der Waals surface area contributed by atoms with Crippen molar-refractivity contribution in [1.82, 2.24) is 4.81 Å². The van der Waals surface area contributed by atoms with Crippen LogP contribution in [0.4, 0.5) is 0 Å². The van der Waals surface area contributed by atoms with E-state index in [1.165, 1.54) is 0 Å². The van der Waals surface area contributed by atoms with Crippen LogP contribution in [0.5, 0.6) is 0 Å². The minimum absolute atomic E-state index is 0.416. The summed E-state index contributed by atoms with van der Waals surface area (Å²) in [5.41, 5.74) is 2.37. The highest BCUT2D eigenvalue weighted by molar-refractivity contribution is 6.44. The molecule has 27 heavy (non-hydrogen) atoms. The van der Waals surface area contributed by atoms with Crippen LogP contribution < -0.4 is 0 Å². The molecule has 0 bridgehead atoms. The van der Waals surface area contributed by atoms with E-state index < -0.39 is 18.5 Å². The average molecular weight is 362 g/mol. The Labute approximate surface area is 162 Å². The van der Waals surface area contributed by atoms with Gasteiger partial charge >= 0.3 is 7.25 Å². The standard InChI is InChI=1S/C22H27BN2O2/c1-21(2)22(3,4)27-23(26-21)25(5)20(18-14-10-7-11-15-18)16-19(24)17-12-8-6-9-13-17/h6-16,24H,1-5H3/b20-16-,24-19?. The molecule has 0 amide bonds. The van der Waals surface area contributed by atoms with Crippen LogP contribution in [0.25, 0.3) is 5.70 Å². The van der Waals surface area contributed by atoms with Crippen LogP contribution in [-0.4, -0.2) is 36.0 Å². The van der Waals surface area contributed by atoms with Crippen LogP contribution in [0.2, 0.25) is 0 Å². The molecule has 1 heterocycles. The van der Waals surface area contributed by atoms with E-state index in [-0.39, 0.29) is 0 Å². The third-order valence-electron chi connectivity index (χ3n) is 5.37. The van der Waals surface area contributed by atoms with Crippen LogP contribution >= 0.6 is 0 Å². The van der Waals surface area contributed by atoms with Crippen molar-refractivity contribution in [2.45, 2.75) is 38.9 Å². The van der Waals surface area contributed by atoms with Gasteiger partial charge in [0.1, 0.15) is 0 Å². The molecule has 0 saturated carbocycles. The number of benzene rings is 2. The average Bonchev–Trinajstić information content (AvgIpc) is 2.88. The highest BCUT2D eigenvalue weighted by Gasteiger charge is 2.54. The van der Waals surface area contributed by atoms with E-state index in [1.54, 1.807) is 0 Å². The first-order valence-electron chi connectivity index (χ1n) is 9.21. The van der Waals surface area contributed by atoms with Gasteiger partial charge in [-0.1, -0.05) is 60.7 Å². The Balaban J connectivity index is 1.96. The van der Waals surface area contributed by atoms with E-state index in [4.69, 9.17) is 14.7 Å². The van der Waals surface area contributed by atoms with Crippen molar-refractivity contribution in [2.24, 2.45) is 0 Å². The van der Waals surface area contributed by atoms with Gasteiger partial charge in [0.05, 0.1) is 16.9 Å². The zero-order valence-electron chi connectivity index (χ0n) is 16.7. The zero-order valence-corrected chi connectivity index (χ0v) is 16.7. The smallest absolute Gasteiger partial charge is 0.384 e. The predicted molar refractivity (Wildman–Crippen MR) is 112 cm³/mol. The topological polar surface area (TPSA) is 45.6 Å². The van der Waals surface area contributed by atoms with Crippen molar-refractivity contribution in [2.75, 3.05) is 7.05 Å². The summed E-state index contributed by atoms with van der Waals surface area (Å²) < 4.78 is 12.4. The second kappa shape index (κ2) is 7.33. The van der Waals surface area contributed by atoms with E-state index in [9.17, 15) is 0 Å². The Hall–Kier alpha value is -2.37. The Morgan fingerprint density at radius 2 is 1.30 bits per heavy atom. The molecule has 2 aromatic carbocycles. The number of allylic oxidation sites excluding steroid dienone is 1. The lowest BCUT2D eigenvalue weighted by atomic mass is 9.90. The molecule has 3 rings (SSSR count). The lowest BCUT2D eigenvalue weighted by Gasteiger charge is -2.32. The van der Waals surface area contributed by atoms with Crippen molar-refractivity contribution in [1.29, 1.82) is 5.41 Å². The fraction of sp³-hybridized carbons (Fsp3) is 0.318. The molecule has 4 nitrogen and oxygen atoms in total. The molecule has 0 radical (unpaired) electrons. The molecule has 0 unspecified atom stereocenters. The number of hydrogen-bond donors (Lipinski definition) is 1. The molecule has 5 heteroatoms. The van der Waals surface area contributed by atoms with Crippen LogP contribution in [-0.2, 0) is 9.31 Å². The highest BCUT2D eigenvalue weighted by Crippen LogP contribution is 2.38. The minimum atomic E-state index is -0.523. The first kappa shape index (κ1) is 19.4. The minimum Gasteiger partial charge on any atom is -0.384 e. The van der Waals surface area contributed by atoms with Crippen molar-refractivity contribution in [3.05, 3.63) is 77.9 Å². The number of nitrogens with zero attached hydrogens (tertiary/aromatic N) is 1. The van der Waals surface area contributed by atoms with E-state index >= 15 is 0 Å².